The van der Waals surface area contributed by atoms with E-state index in [2.05, 4.69) is 10.5 Å². The van der Waals surface area contributed by atoms with Crippen LogP contribution in [0, 0.1) is 13.8 Å². The summed E-state index contributed by atoms with van der Waals surface area (Å²) in [7, 11) is 0. The van der Waals surface area contributed by atoms with E-state index in [9.17, 15) is 18.0 Å². The zero-order chi connectivity index (χ0) is 18.2. The molecule has 1 aromatic heterocycles. The van der Waals surface area contributed by atoms with E-state index in [4.69, 9.17) is 4.52 Å². The summed E-state index contributed by atoms with van der Waals surface area (Å²) in [6, 6.07) is 4.15. The van der Waals surface area contributed by atoms with Gasteiger partial charge in [-0.05, 0) is 38.8 Å². The number of likely N-dealkylation sites (tertiary alicyclic amines) is 1. The Morgan fingerprint density at radius 2 is 2.04 bits per heavy atom. The van der Waals surface area contributed by atoms with Gasteiger partial charge in [-0.3, -0.25) is 0 Å². The molecule has 1 atom stereocenters. The monoisotopic (exact) mass is 353 g/mol. The molecule has 8 heteroatoms. The fourth-order valence-corrected chi connectivity index (χ4v) is 3.30. The molecule has 1 fully saturated rings. The van der Waals surface area contributed by atoms with E-state index in [1.807, 2.05) is 0 Å². The normalized spacial score (nSPS) is 17.8. The molecule has 0 saturated carbocycles. The van der Waals surface area contributed by atoms with Gasteiger partial charge in [-0.25, -0.2) is 4.79 Å². The molecule has 3 rings (SSSR count). The summed E-state index contributed by atoms with van der Waals surface area (Å²) in [4.78, 5) is 14.2. The molecule has 25 heavy (non-hydrogen) atoms. The van der Waals surface area contributed by atoms with Crippen LogP contribution in [0.3, 0.4) is 0 Å². The summed E-state index contributed by atoms with van der Waals surface area (Å²) in [5, 5.41) is 6.31. The standard InChI is InChI=1S/C17H18F3N3O2/c1-10-15(11(2)25-22-10)14-8-5-9-23(14)16(24)21-13-7-4-3-6-12(13)17(18,19)20/h3-4,6-7,14H,5,8-9H2,1-2H3,(H,21,24)/t14-/m1/s1. The van der Waals surface area contributed by atoms with Crippen molar-refractivity contribution >= 4 is 11.7 Å². The van der Waals surface area contributed by atoms with Crippen LogP contribution in [0.15, 0.2) is 28.8 Å². The highest BCUT2D eigenvalue weighted by Crippen LogP contribution is 2.37. The lowest BCUT2D eigenvalue weighted by Crippen LogP contribution is -2.35. The number of nitrogens with zero attached hydrogens (tertiary/aromatic N) is 2. The van der Waals surface area contributed by atoms with Crippen molar-refractivity contribution in [3.05, 3.63) is 46.8 Å². The second-order valence-electron chi connectivity index (χ2n) is 6.06. The summed E-state index contributed by atoms with van der Waals surface area (Å²) in [6.45, 7) is 4.02. The maximum atomic E-state index is 13.1. The van der Waals surface area contributed by atoms with Crippen LogP contribution in [0.1, 0.15) is 41.5 Å². The number of urea groups is 1. The summed E-state index contributed by atoms with van der Waals surface area (Å²) < 4.78 is 44.4. The molecule has 2 aromatic rings. The lowest BCUT2D eigenvalue weighted by molar-refractivity contribution is -0.136. The van der Waals surface area contributed by atoms with E-state index >= 15 is 0 Å². The number of benzene rings is 1. The van der Waals surface area contributed by atoms with E-state index in [0.29, 0.717) is 18.0 Å². The minimum atomic E-state index is -4.53. The van der Waals surface area contributed by atoms with Crippen LogP contribution < -0.4 is 5.32 Å². The number of carbonyl (C=O) groups is 1. The highest BCUT2D eigenvalue weighted by molar-refractivity contribution is 5.90. The van der Waals surface area contributed by atoms with Crippen LogP contribution >= 0.6 is 0 Å². The fourth-order valence-electron chi connectivity index (χ4n) is 3.30. The molecule has 0 bridgehead atoms. The lowest BCUT2D eigenvalue weighted by atomic mass is 10.0. The molecule has 1 aliphatic rings. The molecule has 2 heterocycles. The molecule has 2 amide bonds. The molecular formula is C17H18F3N3O2. The molecule has 1 aliphatic heterocycles. The number of alkyl halides is 3. The van der Waals surface area contributed by atoms with Crippen molar-refractivity contribution in [1.29, 1.82) is 0 Å². The molecular weight excluding hydrogens is 335 g/mol. The van der Waals surface area contributed by atoms with Crippen molar-refractivity contribution in [3.63, 3.8) is 0 Å². The Bertz CT molecular complexity index is 766. The Morgan fingerprint density at radius 3 is 2.68 bits per heavy atom. The zero-order valence-electron chi connectivity index (χ0n) is 13.9. The van der Waals surface area contributed by atoms with Crippen LogP contribution in [0.25, 0.3) is 0 Å². The summed E-state index contributed by atoms with van der Waals surface area (Å²) >= 11 is 0. The number of para-hydroxylation sites is 1. The van der Waals surface area contributed by atoms with Gasteiger partial charge >= 0.3 is 12.2 Å². The van der Waals surface area contributed by atoms with E-state index in [0.717, 1.165) is 24.5 Å². The first-order valence-corrected chi connectivity index (χ1v) is 7.95. The van der Waals surface area contributed by atoms with Crippen molar-refractivity contribution in [2.75, 3.05) is 11.9 Å². The van der Waals surface area contributed by atoms with Crippen molar-refractivity contribution in [2.45, 2.75) is 38.9 Å². The number of nitrogens with one attached hydrogen (secondary N) is 1. The quantitative estimate of drug-likeness (QED) is 0.853. The van der Waals surface area contributed by atoms with Crippen LogP contribution in [0.2, 0.25) is 0 Å². The average Bonchev–Trinajstić information content (AvgIpc) is 3.13. The predicted molar refractivity (Wildman–Crippen MR) is 85.1 cm³/mol. The zero-order valence-corrected chi connectivity index (χ0v) is 13.9. The van der Waals surface area contributed by atoms with E-state index in [1.54, 1.807) is 18.7 Å². The highest BCUT2D eigenvalue weighted by Gasteiger charge is 2.36. The fraction of sp³-hybridized carbons (Fsp3) is 0.412. The number of hydrogen-bond donors (Lipinski definition) is 1. The first kappa shape index (κ1) is 17.3. The number of rotatable bonds is 2. The molecule has 1 N–H and O–H groups in total. The van der Waals surface area contributed by atoms with Gasteiger partial charge in [-0.2, -0.15) is 13.2 Å². The molecule has 1 saturated heterocycles. The highest BCUT2D eigenvalue weighted by atomic mass is 19.4. The Labute approximate surface area is 142 Å². The Hall–Kier alpha value is -2.51. The number of aryl methyl sites for hydroxylation is 2. The van der Waals surface area contributed by atoms with Gasteiger partial charge in [-0.1, -0.05) is 17.3 Å². The summed E-state index contributed by atoms with van der Waals surface area (Å²) in [5.41, 5.74) is 0.412. The van der Waals surface area contributed by atoms with Crippen LogP contribution in [-0.4, -0.2) is 22.6 Å². The minimum Gasteiger partial charge on any atom is -0.361 e. The average molecular weight is 353 g/mol. The molecule has 0 radical (unpaired) electrons. The molecule has 134 valence electrons. The van der Waals surface area contributed by atoms with Gasteiger partial charge in [0.2, 0.25) is 0 Å². The largest absolute Gasteiger partial charge is 0.418 e. The van der Waals surface area contributed by atoms with E-state index in [1.165, 1.54) is 18.2 Å². The van der Waals surface area contributed by atoms with Gasteiger partial charge in [0.05, 0.1) is 23.0 Å². The van der Waals surface area contributed by atoms with Crippen LogP contribution in [-0.2, 0) is 6.18 Å². The SMILES string of the molecule is Cc1noc(C)c1[C@H]1CCCN1C(=O)Nc1ccccc1C(F)(F)F. The second-order valence-corrected chi connectivity index (χ2v) is 6.06. The van der Waals surface area contributed by atoms with Gasteiger partial charge in [0.1, 0.15) is 5.76 Å². The summed E-state index contributed by atoms with van der Waals surface area (Å²) in [6.07, 6.45) is -3.05. The van der Waals surface area contributed by atoms with Crippen LogP contribution in [0.5, 0.6) is 0 Å². The van der Waals surface area contributed by atoms with Crippen molar-refractivity contribution in [1.82, 2.24) is 10.1 Å². The minimum absolute atomic E-state index is 0.246. The number of carbonyl (C=O) groups excluding carboxylic acids is 1. The van der Waals surface area contributed by atoms with Gasteiger partial charge < -0.3 is 14.7 Å². The Kier molecular flexibility index (Phi) is 4.45. The number of aromatic nitrogens is 1. The second kappa shape index (κ2) is 6.42. The molecule has 1 aromatic carbocycles. The first-order valence-electron chi connectivity index (χ1n) is 7.95. The Morgan fingerprint density at radius 1 is 1.32 bits per heavy atom. The maximum absolute atomic E-state index is 13.1. The summed E-state index contributed by atoms with van der Waals surface area (Å²) in [5.74, 6) is 0.623. The molecule has 5 nitrogen and oxygen atoms in total. The van der Waals surface area contributed by atoms with Crippen molar-refractivity contribution in [2.24, 2.45) is 0 Å². The lowest BCUT2D eigenvalue weighted by Gasteiger charge is -2.25. The van der Waals surface area contributed by atoms with Gasteiger partial charge in [0.15, 0.2) is 0 Å². The van der Waals surface area contributed by atoms with Crippen molar-refractivity contribution < 1.29 is 22.5 Å². The first-order chi connectivity index (χ1) is 11.8. The number of halogens is 3. The van der Waals surface area contributed by atoms with Gasteiger partial charge in [-0.15, -0.1) is 0 Å². The molecule has 0 aliphatic carbocycles. The smallest absolute Gasteiger partial charge is 0.361 e. The molecule has 0 unspecified atom stereocenters. The number of amides is 2. The van der Waals surface area contributed by atoms with Crippen molar-refractivity contribution in [3.8, 4) is 0 Å². The third-order valence-corrected chi connectivity index (χ3v) is 4.41. The van der Waals surface area contributed by atoms with Crippen LogP contribution in [0.4, 0.5) is 23.7 Å². The van der Waals surface area contributed by atoms with E-state index in [-0.39, 0.29) is 11.7 Å². The van der Waals surface area contributed by atoms with Gasteiger partial charge in [0.25, 0.3) is 0 Å². The number of anilines is 1. The third-order valence-electron chi connectivity index (χ3n) is 4.41. The Balaban J connectivity index is 1.85. The third kappa shape index (κ3) is 3.33. The van der Waals surface area contributed by atoms with Gasteiger partial charge in [0, 0.05) is 12.1 Å². The topological polar surface area (TPSA) is 58.4 Å². The molecule has 0 spiro atoms. The van der Waals surface area contributed by atoms with E-state index < -0.39 is 17.8 Å². The maximum Gasteiger partial charge on any atom is 0.418 e. The predicted octanol–water partition coefficient (Wildman–Crippen LogP) is 4.68. The number of hydrogen-bond acceptors (Lipinski definition) is 3.